The number of nitrogens with zero attached hydrogens (tertiary/aromatic N) is 2. The zero-order valence-electron chi connectivity index (χ0n) is 9.01. The number of anilines is 1. The first kappa shape index (κ1) is 10.5. The molecule has 2 N–H and O–H groups in total. The Morgan fingerprint density at radius 1 is 1.35 bits per heavy atom. The first-order valence-corrected chi connectivity index (χ1v) is 6.67. The molecule has 0 atom stereocenters. The third kappa shape index (κ3) is 1.75. The van der Waals surface area contributed by atoms with Crippen LogP contribution in [0.25, 0.3) is 21.0 Å². The van der Waals surface area contributed by atoms with Crippen molar-refractivity contribution in [2.24, 2.45) is 0 Å². The Labute approximate surface area is 106 Å². The fourth-order valence-corrected chi connectivity index (χ4v) is 3.14. The molecule has 0 bridgehead atoms. The fourth-order valence-electron chi connectivity index (χ4n) is 1.60. The summed E-state index contributed by atoms with van der Waals surface area (Å²) >= 11 is 3.20. The summed E-state index contributed by atoms with van der Waals surface area (Å²) in [6.07, 6.45) is 1.80. The Morgan fingerprint density at radius 3 is 2.88 bits per heavy atom. The molecule has 3 aromatic rings. The molecule has 0 saturated heterocycles. The van der Waals surface area contributed by atoms with Crippen molar-refractivity contribution in [3.63, 3.8) is 0 Å². The van der Waals surface area contributed by atoms with Gasteiger partial charge in [-0.3, -0.25) is 0 Å². The first-order chi connectivity index (χ1) is 8.25. The molecule has 0 spiro atoms. The highest BCUT2D eigenvalue weighted by Crippen LogP contribution is 2.39. The Bertz CT molecular complexity index is 640. The maximum absolute atomic E-state index is 5.84. The molecular formula is C11H9N3OS2. The van der Waals surface area contributed by atoms with Crippen LogP contribution in [0.3, 0.4) is 0 Å². The number of thiophene rings is 1. The maximum Gasteiger partial charge on any atom is 0.231 e. The number of rotatable bonds is 2. The second-order valence-electron chi connectivity index (χ2n) is 3.49. The predicted octanol–water partition coefficient (Wildman–Crippen LogP) is 3.42. The topological polar surface area (TPSA) is 64.9 Å². The highest BCUT2D eigenvalue weighted by Gasteiger charge is 2.19. The van der Waals surface area contributed by atoms with Crippen molar-refractivity contribution in [1.29, 1.82) is 0 Å². The standard InChI is InChI=1S/C11H9N3OS2/c1-6-13-5-8(17-6)10-9(11(12)15-14-10)7-3-2-4-16-7/h2-5H,12H2,1H3. The minimum atomic E-state index is 0.355. The summed E-state index contributed by atoms with van der Waals surface area (Å²) in [4.78, 5) is 6.26. The van der Waals surface area contributed by atoms with Gasteiger partial charge in [0.15, 0.2) is 0 Å². The highest BCUT2D eigenvalue weighted by molar-refractivity contribution is 7.15. The van der Waals surface area contributed by atoms with Crippen molar-refractivity contribution < 1.29 is 4.52 Å². The lowest BCUT2D eigenvalue weighted by molar-refractivity contribution is 0.439. The van der Waals surface area contributed by atoms with Crippen molar-refractivity contribution in [2.45, 2.75) is 6.92 Å². The van der Waals surface area contributed by atoms with Crippen LogP contribution >= 0.6 is 22.7 Å². The number of aryl methyl sites for hydroxylation is 1. The van der Waals surface area contributed by atoms with E-state index in [1.54, 1.807) is 28.9 Å². The Morgan fingerprint density at radius 2 is 2.24 bits per heavy atom. The number of nitrogens with two attached hydrogens (primary N) is 1. The van der Waals surface area contributed by atoms with Crippen molar-refractivity contribution >= 4 is 28.6 Å². The summed E-state index contributed by atoms with van der Waals surface area (Å²) in [7, 11) is 0. The second kappa shape index (κ2) is 3.97. The predicted molar refractivity (Wildman–Crippen MR) is 70.1 cm³/mol. The van der Waals surface area contributed by atoms with E-state index < -0.39 is 0 Å². The molecule has 0 aliphatic rings. The summed E-state index contributed by atoms with van der Waals surface area (Å²) < 4.78 is 5.10. The molecule has 6 heteroatoms. The Hall–Kier alpha value is -1.66. The molecule has 3 heterocycles. The van der Waals surface area contributed by atoms with E-state index in [4.69, 9.17) is 10.3 Å². The van der Waals surface area contributed by atoms with E-state index in [9.17, 15) is 0 Å². The van der Waals surface area contributed by atoms with E-state index in [0.717, 1.165) is 26.0 Å². The van der Waals surface area contributed by atoms with Gasteiger partial charge in [0, 0.05) is 11.1 Å². The van der Waals surface area contributed by atoms with E-state index >= 15 is 0 Å². The van der Waals surface area contributed by atoms with Gasteiger partial charge in [-0.15, -0.1) is 22.7 Å². The smallest absolute Gasteiger partial charge is 0.231 e. The van der Waals surface area contributed by atoms with Crippen molar-refractivity contribution in [3.05, 3.63) is 28.7 Å². The molecule has 3 aromatic heterocycles. The lowest BCUT2D eigenvalue weighted by atomic mass is 10.2. The summed E-state index contributed by atoms with van der Waals surface area (Å²) in [5, 5.41) is 7.03. The molecule has 0 fully saturated rings. The van der Waals surface area contributed by atoms with Crippen LogP contribution in [0.1, 0.15) is 5.01 Å². The molecule has 4 nitrogen and oxygen atoms in total. The molecule has 0 aliphatic heterocycles. The number of hydrogen-bond donors (Lipinski definition) is 1. The molecule has 0 saturated carbocycles. The van der Waals surface area contributed by atoms with Gasteiger partial charge in [0.2, 0.25) is 5.88 Å². The molecule has 17 heavy (non-hydrogen) atoms. The molecule has 86 valence electrons. The van der Waals surface area contributed by atoms with Gasteiger partial charge in [-0.1, -0.05) is 11.2 Å². The van der Waals surface area contributed by atoms with Crippen LogP contribution in [-0.4, -0.2) is 10.1 Å². The average Bonchev–Trinajstić information content (AvgIpc) is 2.97. The van der Waals surface area contributed by atoms with E-state index in [-0.39, 0.29) is 0 Å². The SMILES string of the molecule is Cc1ncc(-c2noc(N)c2-c2cccs2)s1. The largest absolute Gasteiger partial charge is 0.367 e. The number of nitrogen functional groups attached to an aromatic ring is 1. The normalized spacial score (nSPS) is 10.9. The van der Waals surface area contributed by atoms with Crippen LogP contribution < -0.4 is 5.73 Å². The van der Waals surface area contributed by atoms with E-state index in [1.807, 2.05) is 24.4 Å². The van der Waals surface area contributed by atoms with Gasteiger partial charge >= 0.3 is 0 Å². The van der Waals surface area contributed by atoms with Gasteiger partial charge in [-0.05, 0) is 18.4 Å². The minimum Gasteiger partial charge on any atom is -0.367 e. The van der Waals surface area contributed by atoms with Crippen molar-refractivity contribution in [3.8, 4) is 21.0 Å². The molecular weight excluding hydrogens is 254 g/mol. The minimum absolute atomic E-state index is 0.355. The molecule has 3 rings (SSSR count). The van der Waals surface area contributed by atoms with E-state index in [0.29, 0.717) is 5.88 Å². The van der Waals surface area contributed by atoms with Gasteiger partial charge in [0.25, 0.3) is 0 Å². The van der Waals surface area contributed by atoms with Gasteiger partial charge in [-0.25, -0.2) is 4.98 Å². The van der Waals surface area contributed by atoms with Crippen LogP contribution in [0.5, 0.6) is 0 Å². The summed E-state index contributed by atoms with van der Waals surface area (Å²) in [6.45, 7) is 1.96. The average molecular weight is 263 g/mol. The van der Waals surface area contributed by atoms with Crippen molar-refractivity contribution in [2.75, 3.05) is 5.73 Å². The monoisotopic (exact) mass is 263 g/mol. The lowest BCUT2D eigenvalue weighted by Gasteiger charge is -1.95. The number of hydrogen-bond acceptors (Lipinski definition) is 6. The first-order valence-electron chi connectivity index (χ1n) is 4.97. The Balaban J connectivity index is 2.19. The molecule has 0 unspecified atom stereocenters. The zero-order chi connectivity index (χ0) is 11.8. The van der Waals surface area contributed by atoms with Crippen LogP contribution in [0.15, 0.2) is 28.2 Å². The molecule has 0 aromatic carbocycles. The van der Waals surface area contributed by atoms with Crippen LogP contribution in [0.2, 0.25) is 0 Å². The van der Waals surface area contributed by atoms with Gasteiger partial charge < -0.3 is 10.3 Å². The van der Waals surface area contributed by atoms with E-state index in [1.165, 1.54) is 0 Å². The van der Waals surface area contributed by atoms with Crippen LogP contribution in [0.4, 0.5) is 5.88 Å². The Kier molecular flexibility index (Phi) is 2.45. The van der Waals surface area contributed by atoms with Crippen molar-refractivity contribution in [1.82, 2.24) is 10.1 Å². The zero-order valence-corrected chi connectivity index (χ0v) is 10.6. The maximum atomic E-state index is 5.84. The van der Waals surface area contributed by atoms with Gasteiger partial charge in [-0.2, -0.15) is 0 Å². The van der Waals surface area contributed by atoms with Gasteiger partial charge in [0.1, 0.15) is 5.69 Å². The summed E-state index contributed by atoms with van der Waals surface area (Å²) in [5.41, 5.74) is 7.48. The second-order valence-corrected chi connectivity index (χ2v) is 5.67. The third-order valence-electron chi connectivity index (χ3n) is 2.34. The lowest BCUT2D eigenvalue weighted by Crippen LogP contribution is -1.84. The third-order valence-corrected chi connectivity index (χ3v) is 4.15. The van der Waals surface area contributed by atoms with Crippen LogP contribution in [0, 0.1) is 6.92 Å². The van der Waals surface area contributed by atoms with Crippen LogP contribution in [-0.2, 0) is 0 Å². The summed E-state index contributed by atoms with van der Waals surface area (Å²) in [6, 6.07) is 3.99. The number of aromatic nitrogens is 2. The molecule has 0 aliphatic carbocycles. The quantitative estimate of drug-likeness (QED) is 0.769. The molecule has 0 radical (unpaired) electrons. The molecule has 0 amide bonds. The highest BCUT2D eigenvalue weighted by atomic mass is 32.1. The number of thiazole rings is 1. The van der Waals surface area contributed by atoms with Gasteiger partial charge in [0.05, 0.1) is 15.4 Å². The van der Waals surface area contributed by atoms with E-state index in [2.05, 4.69) is 10.1 Å². The summed E-state index contributed by atoms with van der Waals surface area (Å²) in [5.74, 6) is 0.355. The fraction of sp³-hybridized carbons (Fsp3) is 0.0909.